The van der Waals surface area contributed by atoms with E-state index >= 15 is 0 Å². The molecule has 172 valence electrons. The van der Waals surface area contributed by atoms with Crippen molar-refractivity contribution in [2.24, 2.45) is 11.8 Å². The molecule has 7 heteroatoms. The second-order valence-corrected chi connectivity index (χ2v) is 10.6. The second-order valence-electron chi connectivity index (χ2n) is 8.71. The number of aliphatic hydroxyl groups excluding tert-OH is 1. The number of anilines is 1. The predicted octanol–water partition coefficient (Wildman–Crippen LogP) is 3.87. The van der Waals surface area contributed by atoms with Crippen LogP contribution in [0.15, 0.2) is 59.5 Å². The molecule has 0 spiro atoms. The van der Waals surface area contributed by atoms with Crippen molar-refractivity contribution < 1.29 is 18.3 Å². The van der Waals surface area contributed by atoms with E-state index in [0.717, 1.165) is 13.1 Å². The molecule has 6 nitrogen and oxygen atoms in total. The number of methoxy groups -OCH3 is 1. The lowest BCUT2D eigenvalue weighted by atomic mass is 10.1. The largest absolute Gasteiger partial charge is 0.497 e. The van der Waals surface area contributed by atoms with E-state index in [0.29, 0.717) is 29.8 Å². The quantitative estimate of drug-likeness (QED) is 0.534. The van der Waals surface area contributed by atoms with Crippen LogP contribution in [0.2, 0.25) is 0 Å². The van der Waals surface area contributed by atoms with E-state index in [2.05, 4.69) is 32.6 Å². The van der Waals surface area contributed by atoms with Crippen LogP contribution in [-0.2, 0) is 10.0 Å². The first-order chi connectivity index (χ1) is 14.6. The Labute approximate surface area is 187 Å². The van der Waals surface area contributed by atoms with Crippen molar-refractivity contribution in [1.29, 1.82) is 0 Å². The smallest absolute Gasteiger partial charge is 0.264 e. The molecule has 0 radical (unpaired) electrons. The van der Waals surface area contributed by atoms with Crippen LogP contribution in [0.1, 0.15) is 27.7 Å². The van der Waals surface area contributed by atoms with Crippen molar-refractivity contribution in [2.45, 2.75) is 38.7 Å². The maximum absolute atomic E-state index is 13.4. The number of ether oxygens (including phenoxy) is 1. The molecule has 0 amide bonds. The summed E-state index contributed by atoms with van der Waals surface area (Å²) < 4.78 is 33.4. The molecule has 0 saturated carbocycles. The van der Waals surface area contributed by atoms with E-state index in [4.69, 9.17) is 4.74 Å². The molecule has 0 bridgehead atoms. The van der Waals surface area contributed by atoms with Crippen molar-refractivity contribution in [1.82, 2.24) is 4.90 Å². The van der Waals surface area contributed by atoms with Crippen LogP contribution in [0.25, 0.3) is 0 Å². The Morgan fingerprint density at radius 2 is 1.39 bits per heavy atom. The molecular formula is C24H36N2O4S. The SMILES string of the molecule is COc1ccc(N(C[C@H](O)CN(CC(C)C)CC(C)C)S(=O)(=O)c2ccccc2)cc1. The van der Waals surface area contributed by atoms with Gasteiger partial charge in [0.15, 0.2) is 0 Å². The van der Waals surface area contributed by atoms with Gasteiger partial charge in [-0.3, -0.25) is 4.31 Å². The van der Waals surface area contributed by atoms with Gasteiger partial charge in [-0.1, -0.05) is 45.9 Å². The van der Waals surface area contributed by atoms with E-state index < -0.39 is 16.1 Å². The van der Waals surface area contributed by atoms with Gasteiger partial charge in [-0.15, -0.1) is 0 Å². The third-order valence-corrected chi connectivity index (χ3v) is 6.59. The summed E-state index contributed by atoms with van der Waals surface area (Å²) in [5.41, 5.74) is 0.489. The third-order valence-electron chi connectivity index (χ3n) is 4.78. The number of aliphatic hydroxyl groups is 1. The van der Waals surface area contributed by atoms with Crippen molar-refractivity contribution in [3.8, 4) is 5.75 Å². The molecule has 0 saturated heterocycles. The molecule has 1 N–H and O–H groups in total. The molecule has 0 aliphatic carbocycles. The third kappa shape index (κ3) is 7.52. The first kappa shape index (κ1) is 25.2. The Morgan fingerprint density at radius 1 is 0.839 bits per heavy atom. The summed E-state index contributed by atoms with van der Waals surface area (Å²) >= 11 is 0. The number of sulfonamides is 1. The minimum atomic E-state index is -3.84. The monoisotopic (exact) mass is 448 g/mol. The standard InChI is InChI=1S/C24H36N2O4S/c1-19(2)15-25(16-20(3)4)17-22(27)18-26(21-11-13-23(30-5)14-12-21)31(28,29)24-9-7-6-8-10-24/h6-14,19-20,22,27H,15-18H2,1-5H3/t22-/m1/s1. The molecule has 0 heterocycles. The van der Waals surface area contributed by atoms with Crippen molar-refractivity contribution in [3.63, 3.8) is 0 Å². The lowest BCUT2D eigenvalue weighted by molar-refractivity contribution is 0.104. The van der Waals surface area contributed by atoms with Gasteiger partial charge in [0.25, 0.3) is 10.0 Å². The highest BCUT2D eigenvalue weighted by Gasteiger charge is 2.28. The number of rotatable bonds is 12. The summed E-state index contributed by atoms with van der Waals surface area (Å²) in [6.07, 6.45) is -0.835. The molecule has 0 fully saturated rings. The van der Waals surface area contributed by atoms with Gasteiger partial charge in [-0.05, 0) is 48.2 Å². The maximum atomic E-state index is 13.4. The Hall–Kier alpha value is -2.09. The number of hydrogen-bond acceptors (Lipinski definition) is 5. The van der Waals surface area contributed by atoms with Crippen LogP contribution in [0, 0.1) is 11.8 Å². The van der Waals surface area contributed by atoms with Gasteiger partial charge >= 0.3 is 0 Å². The summed E-state index contributed by atoms with van der Waals surface area (Å²) in [6.45, 7) is 10.6. The molecule has 0 aromatic heterocycles. The summed E-state index contributed by atoms with van der Waals surface area (Å²) in [7, 11) is -2.27. The van der Waals surface area contributed by atoms with E-state index in [1.54, 1.807) is 61.7 Å². The Morgan fingerprint density at radius 3 is 1.87 bits per heavy atom. The van der Waals surface area contributed by atoms with Crippen molar-refractivity contribution in [3.05, 3.63) is 54.6 Å². The lowest BCUT2D eigenvalue weighted by Gasteiger charge is -2.31. The average molecular weight is 449 g/mol. The second kappa shape index (κ2) is 11.5. The molecule has 2 aromatic rings. The van der Waals surface area contributed by atoms with Crippen LogP contribution in [-0.4, -0.2) is 57.8 Å². The van der Waals surface area contributed by atoms with Crippen LogP contribution in [0.5, 0.6) is 5.75 Å². The number of benzene rings is 2. The number of nitrogens with zero attached hydrogens (tertiary/aromatic N) is 2. The highest BCUT2D eigenvalue weighted by atomic mass is 32.2. The Kier molecular flexibility index (Phi) is 9.34. The van der Waals surface area contributed by atoms with Gasteiger partial charge in [0.05, 0.1) is 30.3 Å². The maximum Gasteiger partial charge on any atom is 0.264 e. The topological polar surface area (TPSA) is 70.1 Å². The highest BCUT2D eigenvalue weighted by Crippen LogP contribution is 2.26. The van der Waals surface area contributed by atoms with E-state index in [9.17, 15) is 13.5 Å². The summed E-state index contributed by atoms with van der Waals surface area (Å²) in [6, 6.07) is 15.2. The molecule has 0 aliphatic rings. The average Bonchev–Trinajstić information content (AvgIpc) is 2.71. The van der Waals surface area contributed by atoms with Crippen LogP contribution in [0.4, 0.5) is 5.69 Å². The summed E-state index contributed by atoms with van der Waals surface area (Å²) in [4.78, 5) is 2.40. The van der Waals surface area contributed by atoms with Gasteiger partial charge in [0.2, 0.25) is 0 Å². The fourth-order valence-corrected chi connectivity index (χ4v) is 5.14. The molecule has 31 heavy (non-hydrogen) atoms. The first-order valence-corrected chi connectivity index (χ1v) is 12.2. The first-order valence-electron chi connectivity index (χ1n) is 10.8. The molecule has 0 unspecified atom stereocenters. The molecule has 0 aliphatic heterocycles. The van der Waals surface area contributed by atoms with Gasteiger partial charge < -0.3 is 14.7 Å². The Balaban J connectivity index is 2.31. The molecule has 1 atom stereocenters. The predicted molar refractivity (Wildman–Crippen MR) is 126 cm³/mol. The van der Waals surface area contributed by atoms with Gasteiger partial charge in [0, 0.05) is 19.6 Å². The lowest BCUT2D eigenvalue weighted by Crippen LogP contribution is -2.44. The van der Waals surface area contributed by atoms with E-state index in [1.807, 2.05) is 0 Å². The fraction of sp³-hybridized carbons (Fsp3) is 0.500. The van der Waals surface area contributed by atoms with Crippen molar-refractivity contribution >= 4 is 15.7 Å². The van der Waals surface area contributed by atoms with E-state index in [1.165, 1.54) is 4.31 Å². The summed E-state index contributed by atoms with van der Waals surface area (Å²) in [5, 5.41) is 10.9. The van der Waals surface area contributed by atoms with Crippen LogP contribution < -0.4 is 9.04 Å². The highest BCUT2D eigenvalue weighted by molar-refractivity contribution is 7.92. The van der Waals surface area contributed by atoms with Gasteiger partial charge in [-0.25, -0.2) is 8.42 Å². The zero-order valence-corrected chi connectivity index (χ0v) is 20.0. The van der Waals surface area contributed by atoms with E-state index in [-0.39, 0.29) is 11.4 Å². The minimum Gasteiger partial charge on any atom is -0.497 e. The van der Waals surface area contributed by atoms with Crippen molar-refractivity contribution in [2.75, 3.05) is 37.6 Å². The Bertz CT molecular complexity index is 874. The minimum absolute atomic E-state index is 0.0315. The van der Waals surface area contributed by atoms with Crippen LogP contribution in [0.3, 0.4) is 0 Å². The number of hydrogen-bond donors (Lipinski definition) is 1. The fourth-order valence-electron chi connectivity index (χ4n) is 3.61. The zero-order chi connectivity index (χ0) is 23.0. The molecule has 2 aromatic carbocycles. The summed E-state index contributed by atoms with van der Waals surface area (Å²) in [5.74, 6) is 1.55. The van der Waals surface area contributed by atoms with Crippen LogP contribution >= 0.6 is 0 Å². The van der Waals surface area contributed by atoms with Gasteiger partial charge in [-0.2, -0.15) is 0 Å². The molecular weight excluding hydrogens is 412 g/mol. The molecule has 2 rings (SSSR count). The van der Waals surface area contributed by atoms with Gasteiger partial charge in [0.1, 0.15) is 5.75 Å². The normalized spacial score (nSPS) is 13.1. The zero-order valence-electron chi connectivity index (χ0n) is 19.2.